The predicted octanol–water partition coefficient (Wildman–Crippen LogP) is 6.45. The van der Waals surface area contributed by atoms with Crippen LogP contribution in [0.5, 0.6) is 0 Å². The van der Waals surface area contributed by atoms with Crippen LogP contribution >= 0.6 is 0 Å². The molecule has 0 spiro atoms. The number of alkyl halides is 3. The topological polar surface area (TPSA) is 142 Å². The molecule has 0 radical (unpaired) electrons. The van der Waals surface area contributed by atoms with Gasteiger partial charge in [0, 0.05) is 17.1 Å². The Morgan fingerprint density at radius 3 is 2.47 bits per heavy atom. The van der Waals surface area contributed by atoms with E-state index in [2.05, 4.69) is 20.1 Å². The first-order valence-electron chi connectivity index (χ1n) is 14.2. The summed E-state index contributed by atoms with van der Waals surface area (Å²) in [6.07, 6.45) is -2.48. The first-order valence-corrected chi connectivity index (χ1v) is 15.6. The van der Waals surface area contributed by atoms with E-state index in [9.17, 15) is 26.4 Å². The molecule has 4 heterocycles. The Morgan fingerprint density at radius 2 is 1.72 bits per heavy atom. The van der Waals surface area contributed by atoms with Crippen LogP contribution in [0.4, 0.5) is 19.0 Å². The standard InChI is InChI=1S/C33H24F3N7O3S/c1-18-5-10-23(11-6-18)47(45,46)43-28-14-20(24-4-3-13-38-31(24)33(34,35)36)7-8-21(28)15-29(43)30(44)25-17-39-42(32(25)37)22-9-12-26-27(16-22)41-19(2)40-26/h3-17H,37H2,1-2H3,(H,40,41). The summed E-state index contributed by atoms with van der Waals surface area (Å²) in [5, 5.41) is 4.61. The third-order valence-electron chi connectivity index (χ3n) is 7.82. The molecule has 0 aliphatic carbocycles. The van der Waals surface area contributed by atoms with E-state index in [0.717, 1.165) is 26.8 Å². The third kappa shape index (κ3) is 5.02. The molecule has 0 aliphatic rings. The minimum atomic E-state index is -4.76. The van der Waals surface area contributed by atoms with Crippen molar-refractivity contribution in [3.8, 4) is 16.8 Å². The Balaban J connectivity index is 1.42. The molecule has 0 saturated carbocycles. The van der Waals surface area contributed by atoms with E-state index < -0.39 is 27.7 Å². The van der Waals surface area contributed by atoms with Crippen molar-refractivity contribution < 1.29 is 26.4 Å². The molecule has 0 amide bonds. The fourth-order valence-electron chi connectivity index (χ4n) is 5.57. The first-order chi connectivity index (χ1) is 22.3. The first kappa shape index (κ1) is 29.9. The summed E-state index contributed by atoms with van der Waals surface area (Å²) in [5.74, 6) is -0.0793. The average molecular weight is 656 g/mol. The number of nitrogen functional groups attached to an aromatic ring is 1. The second kappa shape index (κ2) is 10.7. The van der Waals surface area contributed by atoms with Crippen molar-refractivity contribution in [2.24, 2.45) is 0 Å². The number of hydrogen-bond acceptors (Lipinski definition) is 7. The largest absolute Gasteiger partial charge is 0.433 e. The summed E-state index contributed by atoms with van der Waals surface area (Å²) in [6.45, 7) is 3.61. The number of halogens is 3. The molecule has 0 fully saturated rings. The van der Waals surface area contributed by atoms with E-state index in [4.69, 9.17) is 5.73 Å². The molecule has 0 saturated heterocycles. The Morgan fingerprint density at radius 1 is 0.957 bits per heavy atom. The number of H-pyrrole nitrogens is 1. The number of carbonyl (C=O) groups is 1. The Kier molecular flexibility index (Phi) is 6.79. The summed E-state index contributed by atoms with van der Waals surface area (Å²) in [5.41, 5.74) is 7.58. The summed E-state index contributed by atoms with van der Waals surface area (Å²) in [4.78, 5) is 25.1. The van der Waals surface area contributed by atoms with Gasteiger partial charge in [-0.2, -0.15) is 18.3 Å². The Bertz CT molecular complexity index is 2480. The summed E-state index contributed by atoms with van der Waals surface area (Å²) < 4.78 is 72.3. The van der Waals surface area contributed by atoms with Crippen molar-refractivity contribution in [2.45, 2.75) is 24.9 Å². The Labute approximate surface area is 265 Å². The minimum Gasteiger partial charge on any atom is -0.383 e. The SMILES string of the molecule is Cc1ccc(S(=O)(=O)n2c(C(=O)c3cnn(-c4ccc5nc(C)[nH]c5c4)c3N)cc3ccc(-c4cccnc4C(F)(F)F)cc32)cc1. The lowest BCUT2D eigenvalue weighted by Crippen LogP contribution is -2.19. The molecule has 14 heteroatoms. The normalized spacial score (nSPS) is 12.3. The van der Waals surface area contributed by atoms with Crippen LogP contribution in [0.15, 0.2) is 96.2 Å². The molecule has 10 nitrogen and oxygen atoms in total. The predicted molar refractivity (Wildman–Crippen MR) is 170 cm³/mol. The average Bonchev–Trinajstić information content (AvgIpc) is 3.73. The van der Waals surface area contributed by atoms with Gasteiger partial charge in [-0.05, 0) is 67.9 Å². The lowest BCUT2D eigenvalue weighted by Gasteiger charge is -2.14. The van der Waals surface area contributed by atoms with E-state index in [-0.39, 0.29) is 38.6 Å². The van der Waals surface area contributed by atoms with Gasteiger partial charge in [-0.1, -0.05) is 35.9 Å². The molecule has 0 bridgehead atoms. The second-order valence-corrected chi connectivity index (χ2v) is 12.8. The van der Waals surface area contributed by atoms with Gasteiger partial charge in [-0.3, -0.25) is 9.78 Å². The van der Waals surface area contributed by atoms with E-state index in [1.807, 2.05) is 6.92 Å². The monoisotopic (exact) mass is 655 g/mol. The summed E-state index contributed by atoms with van der Waals surface area (Å²) in [6, 6.07) is 19.5. The van der Waals surface area contributed by atoms with Crippen LogP contribution in [-0.4, -0.2) is 42.9 Å². The third-order valence-corrected chi connectivity index (χ3v) is 9.56. The molecule has 0 aliphatic heterocycles. The van der Waals surface area contributed by atoms with E-state index in [1.165, 1.54) is 59.4 Å². The summed E-state index contributed by atoms with van der Waals surface area (Å²) in [7, 11) is -4.46. The number of fused-ring (bicyclic) bond motifs is 2. The highest BCUT2D eigenvalue weighted by Crippen LogP contribution is 2.38. The van der Waals surface area contributed by atoms with Crippen LogP contribution in [-0.2, 0) is 16.2 Å². The van der Waals surface area contributed by atoms with Crippen molar-refractivity contribution in [1.29, 1.82) is 0 Å². The number of aromatic nitrogens is 6. The van der Waals surface area contributed by atoms with Gasteiger partial charge in [0.25, 0.3) is 10.0 Å². The number of imidazole rings is 1. The van der Waals surface area contributed by atoms with Crippen molar-refractivity contribution >= 4 is 43.6 Å². The van der Waals surface area contributed by atoms with Gasteiger partial charge in [0.05, 0.1) is 38.9 Å². The number of anilines is 1. The molecule has 47 heavy (non-hydrogen) atoms. The lowest BCUT2D eigenvalue weighted by molar-refractivity contribution is -0.140. The zero-order valence-electron chi connectivity index (χ0n) is 24.7. The summed E-state index contributed by atoms with van der Waals surface area (Å²) >= 11 is 0. The Hall–Kier alpha value is -5.76. The fourth-order valence-corrected chi connectivity index (χ4v) is 7.08. The van der Waals surface area contributed by atoms with Gasteiger partial charge in [-0.25, -0.2) is 22.1 Å². The molecule has 3 N–H and O–H groups in total. The zero-order valence-corrected chi connectivity index (χ0v) is 25.6. The van der Waals surface area contributed by atoms with E-state index >= 15 is 0 Å². The van der Waals surface area contributed by atoms with Gasteiger partial charge >= 0.3 is 6.18 Å². The number of rotatable bonds is 6. The highest BCUT2D eigenvalue weighted by molar-refractivity contribution is 7.90. The van der Waals surface area contributed by atoms with E-state index in [0.29, 0.717) is 16.9 Å². The quantitative estimate of drug-likeness (QED) is 0.196. The molecule has 7 rings (SSSR count). The van der Waals surface area contributed by atoms with Crippen LogP contribution in [0.3, 0.4) is 0 Å². The number of nitrogens with two attached hydrogens (primary N) is 1. The van der Waals surface area contributed by atoms with E-state index in [1.54, 1.807) is 37.3 Å². The number of benzene rings is 3. The van der Waals surface area contributed by atoms with Crippen LogP contribution < -0.4 is 5.73 Å². The molecular formula is C33H24F3N7O3S. The number of pyridine rings is 1. The smallest absolute Gasteiger partial charge is 0.383 e. The molecule has 4 aromatic heterocycles. The highest BCUT2D eigenvalue weighted by Gasteiger charge is 2.36. The van der Waals surface area contributed by atoms with Crippen molar-refractivity contribution in [1.82, 2.24) is 28.7 Å². The highest BCUT2D eigenvalue weighted by atomic mass is 32.2. The zero-order chi connectivity index (χ0) is 33.2. The number of ketones is 1. The van der Waals surface area contributed by atoms with Gasteiger partial charge in [0.1, 0.15) is 17.3 Å². The second-order valence-electron chi connectivity index (χ2n) is 11.0. The minimum absolute atomic E-state index is 0.00516. The van der Waals surface area contributed by atoms with Crippen LogP contribution in [0.2, 0.25) is 0 Å². The molecular weight excluding hydrogens is 631 g/mol. The van der Waals surface area contributed by atoms with Gasteiger partial charge in [-0.15, -0.1) is 0 Å². The molecule has 0 atom stereocenters. The van der Waals surface area contributed by atoms with Gasteiger partial charge in [0.2, 0.25) is 5.78 Å². The van der Waals surface area contributed by atoms with Crippen molar-refractivity contribution in [3.63, 3.8) is 0 Å². The fraction of sp³-hybridized carbons (Fsp3) is 0.0909. The van der Waals surface area contributed by atoms with Crippen LogP contribution in [0, 0.1) is 13.8 Å². The lowest BCUT2D eigenvalue weighted by atomic mass is 10.0. The van der Waals surface area contributed by atoms with Crippen LogP contribution in [0.25, 0.3) is 38.8 Å². The maximum absolute atomic E-state index is 14.2. The van der Waals surface area contributed by atoms with Crippen molar-refractivity contribution in [2.75, 3.05) is 5.73 Å². The molecule has 3 aromatic carbocycles. The van der Waals surface area contributed by atoms with Crippen LogP contribution in [0.1, 0.15) is 33.1 Å². The molecule has 7 aromatic rings. The maximum atomic E-state index is 14.2. The number of aryl methyl sites for hydroxylation is 2. The number of nitrogens with zero attached hydrogens (tertiary/aromatic N) is 5. The molecule has 0 unspecified atom stereocenters. The number of nitrogens with one attached hydrogen (secondary N) is 1. The molecule has 236 valence electrons. The number of hydrogen-bond donors (Lipinski definition) is 2. The number of aromatic amines is 1. The number of carbonyl (C=O) groups excluding carboxylic acids is 1. The van der Waals surface area contributed by atoms with Crippen molar-refractivity contribution in [3.05, 3.63) is 120 Å². The van der Waals surface area contributed by atoms with Gasteiger partial charge in [0.15, 0.2) is 5.69 Å². The maximum Gasteiger partial charge on any atom is 0.433 e. The van der Waals surface area contributed by atoms with Gasteiger partial charge < -0.3 is 10.7 Å².